The summed E-state index contributed by atoms with van der Waals surface area (Å²) >= 11 is 0. The highest BCUT2D eigenvalue weighted by atomic mass is 15.1. The maximum Gasteiger partial charge on any atom is 0.0782 e. The van der Waals surface area contributed by atoms with E-state index in [1.54, 1.807) is 12.4 Å². The summed E-state index contributed by atoms with van der Waals surface area (Å²) in [5, 5.41) is 3.52. The van der Waals surface area contributed by atoms with Crippen LogP contribution in [0.2, 0.25) is 0 Å². The van der Waals surface area contributed by atoms with E-state index in [1.165, 1.54) is 13.0 Å². The van der Waals surface area contributed by atoms with Crippen molar-refractivity contribution in [3.63, 3.8) is 0 Å². The van der Waals surface area contributed by atoms with Gasteiger partial charge < -0.3 is 10.2 Å². The number of rotatable bonds is 8. The molecule has 0 aliphatic carbocycles. The molecule has 0 saturated heterocycles. The lowest BCUT2D eigenvalue weighted by Crippen LogP contribution is -2.34. The van der Waals surface area contributed by atoms with Crippen LogP contribution >= 0.6 is 0 Å². The smallest absolute Gasteiger partial charge is 0.0782 e. The second-order valence-corrected chi connectivity index (χ2v) is 4.64. The minimum Gasteiger partial charge on any atom is -0.308 e. The normalized spacial score (nSPS) is 12.9. The van der Waals surface area contributed by atoms with Crippen molar-refractivity contribution in [1.29, 1.82) is 0 Å². The number of hydrogen-bond acceptors (Lipinski definition) is 4. The van der Waals surface area contributed by atoms with Gasteiger partial charge in [0.2, 0.25) is 0 Å². The molecule has 0 radical (unpaired) electrons. The van der Waals surface area contributed by atoms with Crippen LogP contribution in [0.5, 0.6) is 0 Å². The zero-order valence-corrected chi connectivity index (χ0v) is 12.1. The van der Waals surface area contributed by atoms with E-state index < -0.39 is 0 Å². The summed E-state index contributed by atoms with van der Waals surface area (Å²) in [6.45, 7) is 13.0. The zero-order valence-electron chi connectivity index (χ0n) is 12.1. The summed E-state index contributed by atoms with van der Waals surface area (Å²) in [6, 6.07) is 0.263. The third-order valence-corrected chi connectivity index (χ3v) is 3.19. The third-order valence-electron chi connectivity index (χ3n) is 3.19. The highest BCUT2D eigenvalue weighted by Crippen LogP contribution is 2.10. The van der Waals surface area contributed by atoms with Crippen LogP contribution in [-0.2, 0) is 0 Å². The highest BCUT2D eigenvalue weighted by molar-refractivity contribution is 5.12. The largest absolute Gasteiger partial charge is 0.308 e. The summed E-state index contributed by atoms with van der Waals surface area (Å²) in [7, 11) is 0. The van der Waals surface area contributed by atoms with E-state index in [0.717, 1.165) is 31.0 Å². The maximum absolute atomic E-state index is 4.39. The first-order valence-electron chi connectivity index (χ1n) is 6.92. The molecule has 0 saturated carbocycles. The van der Waals surface area contributed by atoms with E-state index in [9.17, 15) is 0 Å². The monoisotopic (exact) mass is 250 g/mol. The van der Waals surface area contributed by atoms with Crippen molar-refractivity contribution in [1.82, 2.24) is 20.2 Å². The molecule has 1 aromatic rings. The van der Waals surface area contributed by atoms with Crippen molar-refractivity contribution >= 4 is 0 Å². The fourth-order valence-electron chi connectivity index (χ4n) is 2.12. The molecule has 0 spiro atoms. The van der Waals surface area contributed by atoms with Gasteiger partial charge in [0.15, 0.2) is 0 Å². The number of likely N-dealkylation sites (N-methyl/N-ethyl adjacent to an activating group) is 1. The van der Waals surface area contributed by atoms with Crippen molar-refractivity contribution in [3.05, 3.63) is 23.8 Å². The zero-order chi connectivity index (χ0) is 13.4. The Balaban J connectivity index is 2.37. The molecule has 0 aliphatic heterocycles. The molecule has 18 heavy (non-hydrogen) atoms. The summed E-state index contributed by atoms with van der Waals surface area (Å²) < 4.78 is 0. The molecule has 1 atom stereocenters. The number of nitrogens with one attached hydrogen (secondary N) is 1. The van der Waals surface area contributed by atoms with Crippen LogP contribution in [0.3, 0.4) is 0 Å². The molecule has 0 aliphatic rings. The molecule has 1 aromatic heterocycles. The van der Waals surface area contributed by atoms with Crippen LogP contribution in [0.25, 0.3) is 0 Å². The molecule has 4 nitrogen and oxygen atoms in total. The van der Waals surface area contributed by atoms with Crippen LogP contribution in [0.1, 0.15) is 44.6 Å². The van der Waals surface area contributed by atoms with E-state index in [-0.39, 0.29) is 6.04 Å². The van der Waals surface area contributed by atoms with Gasteiger partial charge >= 0.3 is 0 Å². The summed E-state index contributed by atoms with van der Waals surface area (Å²) in [4.78, 5) is 11.1. The lowest BCUT2D eigenvalue weighted by Gasteiger charge is -2.21. The van der Waals surface area contributed by atoms with Gasteiger partial charge in [-0.05, 0) is 33.4 Å². The number of aromatic nitrogens is 2. The average molecular weight is 250 g/mol. The van der Waals surface area contributed by atoms with Gasteiger partial charge in [0, 0.05) is 31.5 Å². The van der Waals surface area contributed by atoms with Crippen molar-refractivity contribution < 1.29 is 0 Å². The third kappa shape index (κ3) is 4.70. The Hall–Kier alpha value is -1.00. The van der Waals surface area contributed by atoms with Crippen molar-refractivity contribution in [2.24, 2.45) is 0 Å². The minimum atomic E-state index is 0.263. The maximum atomic E-state index is 4.39. The summed E-state index contributed by atoms with van der Waals surface area (Å²) in [5.74, 6) is 0. The molecule has 0 amide bonds. The molecule has 1 heterocycles. The van der Waals surface area contributed by atoms with Gasteiger partial charge in [0.25, 0.3) is 0 Å². The van der Waals surface area contributed by atoms with Gasteiger partial charge in [-0.25, -0.2) is 0 Å². The van der Waals surface area contributed by atoms with Gasteiger partial charge in [0.05, 0.1) is 11.4 Å². The first-order valence-corrected chi connectivity index (χ1v) is 6.92. The second kappa shape index (κ2) is 8.16. The van der Waals surface area contributed by atoms with Crippen LogP contribution in [0.4, 0.5) is 0 Å². The Morgan fingerprint density at radius 3 is 2.56 bits per heavy atom. The predicted molar refractivity (Wildman–Crippen MR) is 75.6 cm³/mol. The van der Waals surface area contributed by atoms with Gasteiger partial charge in [-0.2, -0.15) is 0 Å². The Kier molecular flexibility index (Phi) is 6.83. The highest BCUT2D eigenvalue weighted by Gasteiger charge is 2.10. The number of hydrogen-bond donors (Lipinski definition) is 1. The standard InChI is InChI=1S/C14H26N4/c1-5-10-18(6-2)11-9-16-13(4)14-12(3)15-7-8-17-14/h7-8,13,16H,5-6,9-11H2,1-4H3. The predicted octanol–water partition coefficient (Wildman–Crippen LogP) is 2.17. The Morgan fingerprint density at radius 1 is 1.22 bits per heavy atom. The van der Waals surface area contributed by atoms with Crippen LogP contribution in [0, 0.1) is 6.92 Å². The van der Waals surface area contributed by atoms with Crippen molar-refractivity contribution in [3.8, 4) is 0 Å². The second-order valence-electron chi connectivity index (χ2n) is 4.64. The van der Waals surface area contributed by atoms with E-state index in [0.29, 0.717) is 0 Å². The number of nitrogens with zero attached hydrogens (tertiary/aromatic N) is 3. The SMILES string of the molecule is CCCN(CC)CCNC(C)c1nccnc1C. The van der Waals surface area contributed by atoms with Gasteiger partial charge in [-0.15, -0.1) is 0 Å². The van der Waals surface area contributed by atoms with Crippen LogP contribution in [-0.4, -0.2) is 41.0 Å². The van der Waals surface area contributed by atoms with E-state index in [2.05, 4.69) is 41.0 Å². The van der Waals surface area contributed by atoms with Crippen LogP contribution < -0.4 is 5.32 Å². The minimum absolute atomic E-state index is 0.263. The summed E-state index contributed by atoms with van der Waals surface area (Å²) in [6.07, 6.45) is 4.72. The summed E-state index contributed by atoms with van der Waals surface area (Å²) in [5.41, 5.74) is 2.06. The average Bonchev–Trinajstić information content (AvgIpc) is 2.38. The molecular formula is C14H26N4. The lowest BCUT2D eigenvalue weighted by molar-refractivity contribution is 0.283. The fourth-order valence-corrected chi connectivity index (χ4v) is 2.12. The number of aryl methyl sites for hydroxylation is 1. The molecule has 102 valence electrons. The van der Waals surface area contributed by atoms with Gasteiger partial charge in [0.1, 0.15) is 0 Å². The first kappa shape index (κ1) is 15.1. The molecule has 1 N–H and O–H groups in total. The Bertz CT molecular complexity index is 340. The van der Waals surface area contributed by atoms with Crippen molar-refractivity contribution in [2.45, 2.75) is 40.2 Å². The Morgan fingerprint density at radius 2 is 1.94 bits per heavy atom. The van der Waals surface area contributed by atoms with Gasteiger partial charge in [-0.1, -0.05) is 13.8 Å². The van der Waals surface area contributed by atoms with E-state index in [4.69, 9.17) is 0 Å². The fraction of sp³-hybridized carbons (Fsp3) is 0.714. The van der Waals surface area contributed by atoms with E-state index in [1.807, 2.05) is 6.92 Å². The molecule has 4 heteroatoms. The molecule has 0 fully saturated rings. The van der Waals surface area contributed by atoms with E-state index >= 15 is 0 Å². The van der Waals surface area contributed by atoms with Gasteiger partial charge in [-0.3, -0.25) is 9.97 Å². The molecule has 1 rings (SSSR count). The Labute approximate surface area is 111 Å². The molecule has 0 aromatic carbocycles. The topological polar surface area (TPSA) is 41.0 Å². The first-order chi connectivity index (χ1) is 8.69. The lowest BCUT2D eigenvalue weighted by atomic mass is 10.2. The van der Waals surface area contributed by atoms with Crippen molar-refractivity contribution in [2.75, 3.05) is 26.2 Å². The van der Waals surface area contributed by atoms with Crippen LogP contribution in [0.15, 0.2) is 12.4 Å². The quantitative estimate of drug-likeness (QED) is 0.767. The molecule has 0 bridgehead atoms. The molecular weight excluding hydrogens is 224 g/mol. The molecule has 1 unspecified atom stereocenters.